The minimum Gasteiger partial charge on any atom is -0.393 e. The number of nitrogens with one attached hydrogen (secondary N) is 3. The molecule has 5 N–H and O–H groups in total. The summed E-state index contributed by atoms with van der Waals surface area (Å²) >= 11 is 0. The molecule has 1 fully saturated rings. The summed E-state index contributed by atoms with van der Waals surface area (Å²) in [6.45, 7) is 9.80. The number of carbonyl (C=O) groups excluding carboxylic acids is 1. The fraction of sp³-hybridized carbons (Fsp3) is 0.542. The van der Waals surface area contributed by atoms with Crippen molar-refractivity contribution >= 4 is 18.8 Å². The maximum absolute atomic E-state index is 8.81. The second-order valence-corrected chi connectivity index (χ2v) is 8.06. The molecule has 0 spiro atoms. The SMILES string of the molecule is C=NC(=N)/C(N)=C(\NCOCCOC)NCc1ccc(CN2CCC(N(C)C)C2)cc1.CC=O. The Bertz CT molecular complexity index is 781. The van der Waals surface area contributed by atoms with Gasteiger partial charge >= 0.3 is 0 Å². The molecule has 1 heterocycles. The fourth-order valence-corrected chi connectivity index (χ4v) is 3.38. The number of aliphatic imine (C=N–C) groups is 1. The number of nitrogens with two attached hydrogens (primary N) is 1. The molecule has 0 aromatic heterocycles. The average molecular weight is 476 g/mol. The third-order valence-corrected chi connectivity index (χ3v) is 5.34. The Morgan fingerprint density at radius 1 is 1.29 bits per heavy atom. The van der Waals surface area contributed by atoms with Crippen LogP contribution in [-0.2, 0) is 27.4 Å². The topological polar surface area (TPSA) is 128 Å². The van der Waals surface area contributed by atoms with Crippen molar-refractivity contribution in [2.75, 3.05) is 54.2 Å². The number of nitrogens with zero attached hydrogens (tertiary/aromatic N) is 3. The van der Waals surface area contributed by atoms with E-state index in [4.69, 9.17) is 25.4 Å². The summed E-state index contributed by atoms with van der Waals surface area (Å²) in [6.07, 6.45) is 1.97. The molecule has 1 aliphatic heterocycles. The first kappa shape index (κ1) is 29.2. The summed E-state index contributed by atoms with van der Waals surface area (Å²) in [5.74, 6) is 0.398. The monoisotopic (exact) mass is 475 g/mol. The summed E-state index contributed by atoms with van der Waals surface area (Å²) in [6, 6.07) is 9.21. The second-order valence-electron chi connectivity index (χ2n) is 8.06. The van der Waals surface area contributed by atoms with Crippen LogP contribution in [0, 0.1) is 5.41 Å². The van der Waals surface area contributed by atoms with E-state index >= 15 is 0 Å². The number of likely N-dealkylation sites (N-methyl/N-ethyl adjacent to an activating group) is 1. The Kier molecular flexibility index (Phi) is 14.4. The van der Waals surface area contributed by atoms with Crippen molar-refractivity contribution in [2.45, 2.75) is 32.5 Å². The van der Waals surface area contributed by atoms with Gasteiger partial charge < -0.3 is 35.5 Å². The Morgan fingerprint density at radius 2 is 1.94 bits per heavy atom. The van der Waals surface area contributed by atoms with Gasteiger partial charge in [-0.3, -0.25) is 10.3 Å². The molecule has 10 nitrogen and oxygen atoms in total. The van der Waals surface area contributed by atoms with E-state index in [1.54, 1.807) is 7.11 Å². The van der Waals surface area contributed by atoms with E-state index in [1.165, 1.54) is 18.9 Å². The highest BCUT2D eigenvalue weighted by Gasteiger charge is 2.23. The van der Waals surface area contributed by atoms with Crippen molar-refractivity contribution in [2.24, 2.45) is 10.7 Å². The Morgan fingerprint density at radius 3 is 2.50 bits per heavy atom. The number of carbonyl (C=O) groups is 1. The summed E-state index contributed by atoms with van der Waals surface area (Å²) in [5.41, 5.74) is 8.64. The highest BCUT2D eigenvalue weighted by Crippen LogP contribution is 2.16. The van der Waals surface area contributed by atoms with Gasteiger partial charge in [-0.05, 0) is 45.3 Å². The van der Waals surface area contributed by atoms with Crippen molar-refractivity contribution in [1.29, 1.82) is 5.41 Å². The van der Waals surface area contributed by atoms with Crippen molar-refractivity contribution in [3.8, 4) is 0 Å². The van der Waals surface area contributed by atoms with Gasteiger partial charge in [0.15, 0.2) is 5.84 Å². The average Bonchev–Trinajstić information content (AvgIpc) is 3.30. The molecule has 190 valence electrons. The molecule has 0 aliphatic carbocycles. The number of aldehydes is 1. The lowest BCUT2D eigenvalue weighted by Gasteiger charge is -2.20. The molecule has 1 atom stereocenters. The van der Waals surface area contributed by atoms with Crippen molar-refractivity contribution in [3.63, 3.8) is 0 Å². The second kappa shape index (κ2) is 16.8. The van der Waals surface area contributed by atoms with Crippen LogP contribution < -0.4 is 16.4 Å². The van der Waals surface area contributed by atoms with Crippen molar-refractivity contribution in [1.82, 2.24) is 20.4 Å². The lowest BCUT2D eigenvalue weighted by Crippen LogP contribution is -2.33. The summed E-state index contributed by atoms with van der Waals surface area (Å²) in [4.78, 5) is 17.2. The Balaban J connectivity index is 0.00000182. The van der Waals surface area contributed by atoms with Crippen LogP contribution in [0.15, 0.2) is 40.8 Å². The van der Waals surface area contributed by atoms with Crippen molar-refractivity contribution < 1.29 is 14.3 Å². The van der Waals surface area contributed by atoms with Gasteiger partial charge in [-0.15, -0.1) is 0 Å². The van der Waals surface area contributed by atoms with E-state index in [0.717, 1.165) is 31.5 Å². The largest absolute Gasteiger partial charge is 0.393 e. The van der Waals surface area contributed by atoms with Crippen LogP contribution in [0.2, 0.25) is 0 Å². The van der Waals surface area contributed by atoms with Gasteiger partial charge in [0.05, 0.1) is 13.2 Å². The number of rotatable bonds is 13. The number of amidine groups is 1. The number of likely N-dealkylation sites (tertiary alicyclic amines) is 1. The first-order valence-electron chi connectivity index (χ1n) is 11.3. The first-order chi connectivity index (χ1) is 16.4. The van der Waals surface area contributed by atoms with E-state index in [0.29, 0.717) is 31.6 Å². The third-order valence-electron chi connectivity index (χ3n) is 5.34. The molecule has 1 aromatic rings. The lowest BCUT2D eigenvalue weighted by atomic mass is 10.1. The van der Waals surface area contributed by atoms with Crippen LogP contribution in [0.3, 0.4) is 0 Å². The van der Waals surface area contributed by atoms with E-state index < -0.39 is 0 Å². The number of ether oxygens (including phenoxy) is 2. The highest BCUT2D eigenvalue weighted by atomic mass is 16.5. The molecular formula is C24H41N7O3. The summed E-state index contributed by atoms with van der Waals surface area (Å²) in [5, 5.41) is 14.1. The van der Waals surface area contributed by atoms with Gasteiger partial charge in [0, 0.05) is 39.3 Å². The minimum absolute atomic E-state index is 0.0936. The Labute approximate surface area is 203 Å². The van der Waals surface area contributed by atoms with Crippen LogP contribution in [0.25, 0.3) is 0 Å². The quantitative estimate of drug-likeness (QED) is 0.110. The lowest BCUT2D eigenvalue weighted by molar-refractivity contribution is -0.106. The maximum Gasteiger partial charge on any atom is 0.171 e. The maximum atomic E-state index is 8.81. The number of methoxy groups -OCH3 is 1. The zero-order chi connectivity index (χ0) is 25.3. The zero-order valence-electron chi connectivity index (χ0n) is 21.0. The van der Waals surface area contributed by atoms with E-state index in [9.17, 15) is 0 Å². The predicted molar refractivity (Wildman–Crippen MR) is 137 cm³/mol. The van der Waals surface area contributed by atoms with Crippen LogP contribution in [0.4, 0.5) is 0 Å². The fourth-order valence-electron chi connectivity index (χ4n) is 3.38. The third kappa shape index (κ3) is 10.9. The van der Waals surface area contributed by atoms with Crippen LogP contribution in [-0.4, -0.2) is 88.9 Å². The van der Waals surface area contributed by atoms with Gasteiger partial charge in [-0.25, -0.2) is 4.99 Å². The number of hydrogen-bond acceptors (Lipinski definition) is 9. The van der Waals surface area contributed by atoms with E-state index in [1.807, 2.05) is 0 Å². The molecule has 0 saturated carbocycles. The van der Waals surface area contributed by atoms with Crippen molar-refractivity contribution in [3.05, 3.63) is 46.9 Å². The van der Waals surface area contributed by atoms with Crippen LogP contribution in [0.5, 0.6) is 0 Å². The molecule has 1 aromatic carbocycles. The smallest absolute Gasteiger partial charge is 0.171 e. The molecule has 0 bridgehead atoms. The molecule has 2 rings (SSSR count). The van der Waals surface area contributed by atoms with Gasteiger partial charge in [0.1, 0.15) is 24.5 Å². The molecular weight excluding hydrogens is 434 g/mol. The first-order valence-corrected chi connectivity index (χ1v) is 11.3. The number of benzene rings is 1. The normalized spacial score (nSPS) is 16.3. The Hall–Kier alpha value is -2.79. The van der Waals surface area contributed by atoms with Gasteiger partial charge in [-0.1, -0.05) is 24.3 Å². The van der Waals surface area contributed by atoms with Gasteiger partial charge in [-0.2, -0.15) is 0 Å². The molecule has 10 heteroatoms. The highest BCUT2D eigenvalue weighted by molar-refractivity contribution is 5.98. The van der Waals surface area contributed by atoms with E-state index in [2.05, 4.69) is 70.5 Å². The molecule has 1 unspecified atom stereocenters. The van der Waals surface area contributed by atoms with E-state index in [-0.39, 0.29) is 18.3 Å². The standard InChI is InChI=1S/C22H37N7O2.C2H4O/c1-25-21(24)20(23)22(27-16-31-12-11-30-4)26-13-17-5-7-18(8-6-17)14-29-10-9-19(15-29)28(2)3;1-2-3/h5-8,19,24,26-27H,1,9-16,23H2,2-4H3;2H,1H3/b22-20+,24-21?;. The minimum atomic E-state index is -0.0936. The van der Waals surface area contributed by atoms with Gasteiger partial charge in [0.25, 0.3) is 0 Å². The molecule has 34 heavy (non-hydrogen) atoms. The molecule has 1 saturated heterocycles. The van der Waals surface area contributed by atoms with Crippen LogP contribution >= 0.6 is 0 Å². The van der Waals surface area contributed by atoms with Crippen LogP contribution in [0.1, 0.15) is 24.5 Å². The predicted octanol–water partition coefficient (Wildman–Crippen LogP) is 1.13. The summed E-state index contributed by atoms with van der Waals surface area (Å²) < 4.78 is 10.4. The molecule has 0 amide bonds. The summed E-state index contributed by atoms with van der Waals surface area (Å²) in [7, 11) is 5.92. The van der Waals surface area contributed by atoms with Gasteiger partial charge in [0.2, 0.25) is 0 Å². The molecule has 0 radical (unpaired) electrons. The zero-order valence-corrected chi connectivity index (χ0v) is 21.0. The number of hydrogen-bond donors (Lipinski definition) is 4. The molecule has 1 aliphatic rings.